The number of ether oxygens (including phenoxy) is 1. The molecule has 30 heavy (non-hydrogen) atoms. The molecule has 0 aliphatic carbocycles. The van der Waals surface area contributed by atoms with E-state index < -0.39 is 0 Å². The Morgan fingerprint density at radius 1 is 1.03 bits per heavy atom. The summed E-state index contributed by atoms with van der Waals surface area (Å²) in [6.07, 6.45) is 2.05. The maximum atomic E-state index is 12.4. The quantitative estimate of drug-likeness (QED) is 0.675. The fourth-order valence-electron chi connectivity index (χ4n) is 3.54. The number of piperazine rings is 1. The summed E-state index contributed by atoms with van der Waals surface area (Å²) in [5, 5.41) is 0.824. The van der Waals surface area contributed by atoms with Gasteiger partial charge in [0, 0.05) is 32.7 Å². The largest absolute Gasteiger partial charge is 0.491 e. The van der Waals surface area contributed by atoms with Crippen LogP contribution in [0.25, 0.3) is 6.08 Å². The van der Waals surface area contributed by atoms with E-state index in [1.807, 2.05) is 50.3 Å². The molecule has 0 aromatic heterocycles. The Kier molecular flexibility index (Phi) is 6.55. The molecule has 1 saturated heterocycles. The first kappa shape index (κ1) is 20.7. The molecular formula is C24H27N3O2S. The minimum atomic E-state index is -0.149. The predicted octanol–water partition coefficient (Wildman–Crippen LogP) is 4.26. The molecule has 0 atom stereocenters. The molecule has 1 amide bonds. The fourth-order valence-corrected chi connectivity index (χ4v) is 4.50. The number of nitrogens with zero attached hydrogens (tertiary/aromatic N) is 3. The number of benzene rings is 2. The first-order valence-corrected chi connectivity index (χ1v) is 11.2. The van der Waals surface area contributed by atoms with Crippen molar-refractivity contribution in [2.24, 2.45) is 4.99 Å². The number of hydrogen-bond donors (Lipinski definition) is 0. The summed E-state index contributed by atoms with van der Waals surface area (Å²) in [4.78, 5) is 22.1. The van der Waals surface area contributed by atoms with Gasteiger partial charge >= 0.3 is 0 Å². The van der Waals surface area contributed by atoms with Gasteiger partial charge < -0.3 is 9.64 Å². The van der Waals surface area contributed by atoms with Crippen molar-refractivity contribution in [1.29, 1.82) is 0 Å². The third kappa shape index (κ3) is 5.32. The van der Waals surface area contributed by atoms with Crippen LogP contribution >= 0.6 is 11.8 Å². The van der Waals surface area contributed by atoms with Crippen LogP contribution in [-0.4, -0.2) is 53.2 Å². The number of rotatable bonds is 5. The van der Waals surface area contributed by atoms with E-state index in [-0.39, 0.29) is 12.0 Å². The van der Waals surface area contributed by atoms with Crippen molar-refractivity contribution in [2.45, 2.75) is 26.5 Å². The molecule has 2 aromatic carbocycles. The number of aliphatic imine (C=N–C) groups is 1. The summed E-state index contributed by atoms with van der Waals surface area (Å²) in [6, 6.07) is 18.4. The van der Waals surface area contributed by atoms with Crippen LogP contribution in [0.3, 0.4) is 0 Å². The summed E-state index contributed by atoms with van der Waals surface area (Å²) in [7, 11) is 0. The highest BCUT2D eigenvalue weighted by Crippen LogP contribution is 2.31. The minimum absolute atomic E-state index is 0.144. The summed E-state index contributed by atoms with van der Waals surface area (Å²) < 4.78 is 5.68. The number of carbonyl (C=O) groups excluding carboxylic acids is 1. The Morgan fingerprint density at radius 2 is 1.73 bits per heavy atom. The molecule has 2 aromatic rings. The molecule has 5 nitrogen and oxygen atoms in total. The Balaban J connectivity index is 1.32. The Hall–Kier alpha value is -2.57. The van der Waals surface area contributed by atoms with Gasteiger partial charge in [-0.1, -0.05) is 42.5 Å². The molecule has 2 aliphatic rings. The normalized spacial score (nSPS) is 18.9. The van der Waals surface area contributed by atoms with Gasteiger partial charge in [-0.25, -0.2) is 0 Å². The third-order valence-electron chi connectivity index (χ3n) is 5.05. The summed E-state index contributed by atoms with van der Waals surface area (Å²) in [6.45, 7) is 8.70. The van der Waals surface area contributed by atoms with E-state index >= 15 is 0 Å². The molecule has 0 N–H and O–H groups in total. The van der Waals surface area contributed by atoms with Gasteiger partial charge in [0.25, 0.3) is 5.91 Å². The smallest absolute Gasteiger partial charge is 0.286 e. The highest BCUT2D eigenvalue weighted by Gasteiger charge is 2.28. The zero-order chi connectivity index (χ0) is 20.9. The van der Waals surface area contributed by atoms with Crippen molar-refractivity contribution >= 4 is 28.9 Å². The Bertz CT molecular complexity index is 931. The zero-order valence-electron chi connectivity index (χ0n) is 17.5. The molecule has 6 heteroatoms. The SMILES string of the molecule is CC(C)Oc1ccc(/C=C2/SC(N3CCN(Cc4ccccc4)CC3)=NC2=O)cc1. The average Bonchev–Trinajstić information content (AvgIpc) is 3.11. The molecule has 2 heterocycles. The zero-order valence-corrected chi connectivity index (χ0v) is 18.3. The molecule has 0 spiro atoms. The van der Waals surface area contributed by atoms with Gasteiger partial charge in [0.05, 0.1) is 11.0 Å². The molecule has 0 bridgehead atoms. The average molecular weight is 422 g/mol. The summed E-state index contributed by atoms with van der Waals surface area (Å²) in [5.41, 5.74) is 2.31. The van der Waals surface area contributed by atoms with Crippen LogP contribution in [0.4, 0.5) is 0 Å². The van der Waals surface area contributed by atoms with Crippen molar-refractivity contribution in [3.05, 3.63) is 70.6 Å². The lowest BCUT2D eigenvalue weighted by atomic mass is 10.2. The fraction of sp³-hybridized carbons (Fsp3) is 0.333. The molecule has 0 radical (unpaired) electrons. The van der Waals surface area contributed by atoms with Crippen molar-refractivity contribution < 1.29 is 9.53 Å². The topological polar surface area (TPSA) is 45.1 Å². The standard InChI is InChI=1S/C24H27N3O2S/c1-18(2)29-21-10-8-19(9-11-21)16-22-23(28)25-24(30-22)27-14-12-26(13-15-27)17-20-6-4-3-5-7-20/h3-11,16,18H,12-15,17H2,1-2H3/b22-16+. The maximum Gasteiger partial charge on any atom is 0.286 e. The monoisotopic (exact) mass is 421 g/mol. The second-order valence-corrected chi connectivity index (χ2v) is 8.80. The van der Waals surface area contributed by atoms with Gasteiger partial charge in [-0.2, -0.15) is 4.99 Å². The third-order valence-corrected chi connectivity index (χ3v) is 6.10. The predicted molar refractivity (Wildman–Crippen MR) is 124 cm³/mol. The molecule has 0 unspecified atom stereocenters. The van der Waals surface area contributed by atoms with Crippen LogP contribution in [0, 0.1) is 0 Å². The molecule has 0 saturated carbocycles. The van der Waals surface area contributed by atoms with Gasteiger partial charge in [-0.15, -0.1) is 0 Å². The van der Waals surface area contributed by atoms with Crippen LogP contribution < -0.4 is 4.74 Å². The molecule has 156 valence electrons. The van der Waals surface area contributed by atoms with Gasteiger partial charge in [-0.05, 0) is 54.9 Å². The molecule has 1 fully saturated rings. The number of hydrogen-bond acceptors (Lipinski definition) is 5. The van der Waals surface area contributed by atoms with Crippen LogP contribution in [0.15, 0.2) is 64.5 Å². The van der Waals surface area contributed by atoms with Crippen molar-refractivity contribution in [2.75, 3.05) is 26.2 Å². The maximum absolute atomic E-state index is 12.4. The van der Waals surface area contributed by atoms with Crippen molar-refractivity contribution in [1.82, 2.24) is 9.80 Å². The minimum Gasteiger partial charge on any atom is -0.491 e. The summed E-state index contributed by atoms with van der Waals surface area (Å²) in [5.74, 6) is 0.687. The first-order chi connectivity index (χ1) is 14.6. The molecule has 2 aliphatic heterocycles. The van der Waals surface area contributed by atoms with Gasteiger partial charge in [0.1, 0.15) is 5.75 Å². The van der Waals surface area contributed by atoms with Crippen LogP contribution in [0.5, 0.6) is 5.75 Å². The highest BCUT2D eigenvalue weighted by atomic mass is 32.2. The van der Waals surface area contributed by atoms with Gasteiger partial charge in [0.15, 0.2) is 5.17 Å². The molecule has 4 rings (SSSR count). The van der Waals surface area contributed by atoms with Gasteiger partial charge in [0.2, 0.25) is 0 Å². The van der Waals surface area contributed by atoms with E-state index in [0.717, 1.165) is 49.2 Å². The van der Waals surface area contributed by atoms with E-state index in [9.17, 15) is 4.79 Å². The number of amides is 1. The Labute approximate surface area is 182 Å². The van der Waals surface area contributed by atoms with Crippen LogP contribution in [0.2, 0.25) is 0 Å². The van der Waals surface area contributed by atoms with E-state index in [1.165, 1.54) is 17.3 Å². The lowest BCUT2D eigenvalue weighted by Crippen LogP contribution is -2.47. The van der Waals surface area contributed by atoms with E-state index in [2.05, 4.69) is 39.1 Å². The van der Waals surface area contributed by atoms with Gasteiger partial charge in [-0.3, -0.25) is 9.69 Å². The second kappa shape index (κ2) is 9.49. The lowest BCUT2D eigenvalue weighted by molar-refractivity contribution is -0.113. The number of amidine groups is 1. The number of thioether (sulfide) groups is 1. The lowest BCUT2D eigenvalue weighted by Gasteiger charge is -2.35. The van der Waals surface area contributed by atoms with Crippen molar-refractivity contribution in [3.8, 4) is 5.75 Å². The van der Waals surface area contributed by atoms with Crippen molar-refractivity contribution in [3.63, 3.8) is 0 Å². The van der Waals surface area contributed by atoms with Crippen LogP contribution in [-0.2, 0) is 11.3 Å². The molecular weight excluding hydrogens is 394 g/mol. The Morgan fingerprint density at radius 3 is 2.40 bits per heavy atom. The van der Waals surface area contributed by atoms with Crippen LogP contribution in [0.1, 0.15) is 25.0 Å². The van der Waals surface area contributed by atoms with E-state index in [0.29, 0.717) is 4.91 Å². The second-order valence-electron chi connectivity index (χ2n) is 7.79. The number of carbonyl (C=O) groups is 1. The summed E-state index contributed by atoms with van der Waals surface area (Å²) >= 11 is 1.48. The first-order valence-electron chi connectivity index (χ1n) is 10.4. The highest BCUT2D eigenvalue weighted by molar-refractivity contribution is 8.18. The van der Waals surface area contributed by atoms with E-state index in [4.69, 9.17) is 4.74 Å². The van der Waals surface area contributed by atoms with E-state index in [1.54, 1.807) is 0 Å².